The van der Waals surface area contributed by atoms with Gasteiger partial charge in [0.25, 0.3) is 0 Å². The first-order valence-corrected chi connectivity index (χ1v) is 8.61. The van der Waals surface area contributed by atoms with E-state index in [0.717, 1.165) is 14.5 Å². The molecule has 7 heteroatoms. The number of ether oxygens (including phenoxy) is 3. The molecule has 0 bridgehead atoms. The molecule has 0 radical (unpaired) electrons. The summed E-state index contributed by atoms with van der Waals surface area (Å²) in [5.74, 6) is 1.39. The van der Waals surface area contributed by atoms with E-state index in [1.54, 1.807) is 26.4 Å². The zero-order chi connectivity index (χ0) is 17.7. The van der Waals surface area contributed by atoms with E-state index in [0.29, 0.717) is 22.9 Å². The summed E-state index contributed by atoms with van der Waals surface area (Å²) >= 11 is 6.80. The van der Waals surface area contributed by atoms with Crippen LogP contribution >= 0.6 is 31.9 Å². The Labute approximate surface area is 157 Å². The van der Waals surface area contributed by atoms with E-state index in [1.807, 2.05) is 18.2 Å². The Morgan fingerprint density at radius 1 is 1.00 bits per heavy atom. The molecule has 0 saturated heterocycles. The number of halogens is 2. The maximum Gasteiger partial charge on any atom is 0.228 e. The molecule has 2 aromatic rings. The number of benzene rings is 2. The van der Waals surface area contributed by atoms with Crippen molar-refractivity contribution in [3.8, 4) is 17.2 Å². The average molecular weight is 459 g/mol. The standard InChI is InChI=1S/C17H17Br2NO4/c1-22-14-6-10(7-15(23-2)17(14)24-3)8-16(21)20-13-5-4-11(18)9-12(13)19/h4-7,9H,8H2,1-3H3,(H,20,21). The highest BCUT2D eigenvalue weighted by atomic mass is 79.9. The fourth-order valence-corrected chi connectivity index (χ4v) is 3.35. The lowest BCUT2D eigenvalue weighted by atomic mass is 10.1. The average Bonchev–Trinajstić information content (AvgIpc) is 2.56. The van der Waals surface area contributed by atoms with Crippen LogP contribution in [0.25, 0.3) is 0 Å². The number of amides is 1. The predicted octanol–water partition coefficient (Wildman–Crippen LogP) is 4.42. The third-order valence-corrected chi connectivity index (χ3v) is 4.44. The van der Waals surface area contributed by atoms with Crippen molar-refractivity contribution in [1.29, 1.82) is 0 Å². The van der Waals surface area contributed by atoms with E-state index >= 15 is 0 Å². The van der Waals surface area contributed by atoms with Crippen molar-refractivity contribution in [2.75, 3.05) is 26.6 Å². The maximum absolute atomic E-state index is 12.3. The number of hydrogen-bond donors (Lipinski definition) is 1. The summed E-state index contributed by atoms with van der Waals surface area (Å²) in [5.41, 5.74) is 1.46. The third kappa shape index (κ3) is 4.42. The zero-order valence-corrected chi connectivity index (χ0v) is 16.7. The van der Waals surface area contributed by atoms with Crippen LogP contribution in [0, 0.1) is 0 Å². The molecular formula is C17H17Br2NO4. The molecule has 0 fully saturated rings. The van der Waals surface area contributed by atoms with E-state index in [2.05, 4.69) is 37.2 Å². The Hall–Kier alpha value is -1.73. The van der Waals surface area contributed by atoms with Crippen LogP contribution in [0.5, 0.6) is 17.2 Å². The highest BCUT2D eigenvalue weighted by Crippen LogP contribution is 2.38. The SMILES string of the molecule is COc1cc(CC(=O)Nc2ccc(Br)cc2Br)cc(OC)c1OC. The van der Waals surface area contributed by atoms with Crippen molar-refractivity contribution in [2.24, 2.45) is 0 Å². The van der Waals surface area contributed by atoms with E-state index < -0.39 is 0 Å². The van der Waals surface area contributed by atoms with Gasteiger partial charge in [-0.2, -0.15) is 0 Å². The fourth-order valence-electron chi connectivity index (χ4n) is 2.21. The highest BCUT2D eigenvalue weighted by Gasteiger charge is 2.15. The summed E-state index contributed by atoms with van der Waals surface area (Å²) in [6.45, 7) is 0. The smallest absolute Gasteiger partial charge is 0.228 e. The number of methoxy groups -OCH3 is 3. The Morgan fingerprint density at radius 3 is 2.12 bits per heavy atom. The van der Waals surface area contributed by atoms with Crippen molar-refractivity contribution < 1.29 is 19.0 Å². The monoisotopic (exact) mass is 457 g/mol. The second kappa shape index (κ2) is 8.39. The largest absolute Gasteiger partial charge is 0.493 e. The second-order valence-electron chi connectivity index (χ2n) is 4.88. The van der Waals surface area contributed by atoms with Crippen LogP contribution in [0.2, 0.25) is 0 Å². The molecule has 1 N–H and O–H groups in total. The number of carbonyl (C=O) groups is 1. The zero-order valence-electron chi connectivity index (χ0n) is 13.5. The number of anilines is 1. The minimum atomic E-state index is -0.146. The van der Waals surface area contributed by atoms with Crippen molar-refractivity contribution in [2.45, 2.75) is 6.42 Å². The van der Waals surface area contributed by atoms with Gasteiger partial charge in [0.1, 0.15) is 0 Å². The van der Waals surface area contributed by atoms with Gasteiger partial charge in [0.2, 0.25) is 11.7 Å². The molecule has 24 heavy (non-hydrogen) atoms. The van der Waals surface area contributed by atoms with Crippen LogP contribution in [0.15, 0.2) is 39.3 Å². The van der Waals surface area contributed by atoms with Crippen molar-refractivity contribution >= 4 is 43.5 Å². The summed E-state index contributed by atoms with van der Waals surface area (Å²) in [5, 5.41) is 2.87. The van der Waals surface area contributed by atoms with Gasteiger partial charge < -0.3 is 19.5 Å². The fraction of sp³-hybridized carbons (Fsp3) is 0.235. The molecular weight excluding hydrogens is 442 g/mol. The molecule has 1 amide bonds. The van der Waals surface area contributed by atoms with Gasteiger partial charge in [-0.15, -0.1) is 0 Å². The Balaban J connectivity index is 2.19. The van der Waals surface area contributed by atoms with Crippen LogP contribution < -0.4 is 19.5 Å². The van der Waals surface area contributed by atoms with E-state index in [1.165, 1.54) is 7.11 Å². The normalized spacial score (nSPS) is 10.2. The first kappa shape index (κ1) is 18.6. The van der Waals surface area contributed by atoms with Gasteiger partial charge in [0, 0.05) is 8.95 Å². The van der Waals surface area contributed by atoms with Crippen LogP contribution in [-0.4, -0.2) is 27.2 Å². The molecule has 2 rings (SSSR count). The maximum atomic E-state index is 12.3. The number of carbonyl (C=O) groups excluding carboxylic acids is 1. The molecule has 0 spiro atoms. The van der Waals surface area contributed by atoms with Gasteiger partial charge in [-0.25, -0.2) is 0 Å². The topological polar surface area (TPSA) is 56.8 Å². The van der Waals surface area contributed by atoms with Gasteiger partial charge >= 0.3 is 0 Å². The summed E-state index contributed by atoms with van der Waals surface area (Å²) in [4.78, 5) is 12.3. The summed E-state index contributed by atoms with van der Waals surface area (Å²) < 4.78 is 17.6. The molecule has 0 aromatic heterocycles. The van der Waals surface area contributed by atoms with Gasteiger partial charge in [-0.05, 0) is 51.8 Å². The van der Waals surface area contributed by atoms with Gasteiger partial charge in [0.15, 0.2) is 11.5 Å². The molecule has 2 aromatic carbocycles. The van der Waals surface area contributed by atoms with Crippen molar-refractivity contribution in [3.63, 3.8) is 0 Å². The van der Waals surface area contributed by atoms with Crippen LogP contribution in [0.3, 0.4) is 0 Å². The lowest BCUT2D eigenvalue weighted by Crippen LogP contribution is -2.15. The molecule has 0 heterocycles. The minimum Gasteiger partial charge on any atom is -0.493 e. The molecule has 0 aliphatic heterocycles. The molecule has 0 unspecified atom stereocenters. The summed E-state index contributed by atoms with van der Waals surface area (Å²) in [6.07, 6.45) is 0.180. The Morgan fingerprint density at radius 2 is 1.62 bits per heavy atom. The van der Waals surface area contributed by atoms with E-state index in [-0.39, 0.29) is 12.3 Å². The molecule has 0 saturated carbocycles. The van der Waals surface area contributed by atoms with Gasteiger partial charge in [0.05, 0.1) is 33.4 Å². The van der Waals surface area contributed by atoms with Crippen LogP contribution in [-0.2, 0) is 11.2 Å². The number of nitrogens with one attached hydrogen (secondary N) is 1. The quantitative estimate of drug-likeness (QED) is 0.696. The predicted molar refractivity (Wildman–Crippen MR) is 100 cm³/mol. The molecule has 5 nitrogen and oxygen atoms in total. The first-order valence-electron chi connectivity index (χ1n) is 7.02. The van der Waals surface area contributed by atoms with Crippen molar-refractivity contribution in [1.82, 2.24) is 0 Å². The highest BCUT2D eigenvalue weighted by molar-refractivity contribution is 9.11. The Kier molecular flexibility index (Phi) is 6.51. The molecule has 0 aliphatic rings. The lowest BCUT2D eigenvalue weighted by Gasteiger charge is -2.14. The summed E-state index contributed by atoms with van der Waals surface area (Å²) in [7, 11) is 4.62. The molecule has 128 valence electrons. The second-order valence-corrected chi connectivity index (χ2v) is 6.65. The molecule has 0 aliphatic carbocycles. The van der Waals surface area contributed by atoms with Gasteiger partial charge in [-0.3, -0.25) is 4.79 Å². The van der Waals surface area contributed by atoms with Crippen LogP contribution in [0.1, 0.15) is 5.56 Å². The van der Waals surface area contributed by atoms with E-state index in [4.69, 9.17) is 14.2 Å². The first-order chi connectivity index (χ1) is 11.5. The molecule has 0 atom stereocenters. The third-order valence-electron chi connectivity index (χ3n) is 3.29. The Bertz CT molecular complexity index is 724. The number of rotatable bonds is 6. The minimum absolute atomic E-state index is 0.146. The summed E-state index contributed by atoms with van der Waals surface area (Å²) in [6, 6.07) is 9.07. The van der Waals surface area contributed by atoms with Crippen LogP contribution in [0.4, 0.5) is 5.69 Å². The number of hydrogen-bond acceptors (Lipinski definition) is 4. The van der Waals surface area contributed by atoms with E-state index in [9.17, 15) is 4.79 Å². The van der Waals surface area contributed by atoms with Crippen molar-refractivity contribution in [3.05, 3.63) is 44.8 Å². The van der Waals surface area contributed by atoms with Gasteiger partial charge in [-0.1, -0.05) is 15.9 Å². The lowest BCUT2D eigenvalue weighted by molar-refractivity contribution is -0.115.